The molecule has 6 heteroatoms. The molecule has 2 rings (SSSR count). The molecular formula is C13H17N3O2S. The molecule has 0 aliphatic carbocycles. The van der Waals surface area contributed by atoms with Crippen molar-refractivity contribution in [2.24, 2.45) is 7.05 Å². The Bertz CT molecular complexity index is 690. The lowest BCUT2D eigenvalue weighted by Gasteiger charge is -2.05. The highest BCUT2D eigenvalue weighted by Crippen LogP contribution is 2.19. The third-order valence-corrected chi connectivity index (χ3v) is 4.59. The Morgan fingerprint density at radius 3 is 2.63 bits per heavy atom. The number of rotatable bonds is 4. The minimum atomic E-state index is -3.39. The zero-order valence-corrected chi connectivity index (χ0v) is 11.8. The largest absolute Gasteiger partial charge is 0.399 e. The number of nitrogens with zero attached hydrogens (tertiary/aromatic N) is 2. The highest BCUT2D eigenvalue weighted by molar-refractivity contribution is 7.90. The lowest BCUT2D eigenvalue weighted by molar-refractivity contribution is 0.591. The number of hydrogen-bond acceptors (Lipinski definition) is 4. The van der Waals surface area contributed by atoms with Crippen molar-refractivity contribution in [2.75, 3.05) is 5.73 Å². The second-order valence-corrected chi connectivity index (χ2v) is 6.43. The molecule has 0 saturated heterocycles. The van der Waals surface area contributed by atoms with Gasteiger partial charge in [0.05, 0.1) is 22.0 Å². The summed E-state index contributed by atoms with van der Waals surface area (Å²) in [7, 11) is -1.64. The Morgan fingerprint density at radius 2 is 2.05 bits per heavy atom. The van der Waals surface area contributed by atoms with Gasteiger partial charge in [0, 0.05) is 12.7 Å². The number of sulfone groups is 1. The standard InChI is InChI=1S/C13H17N3O2S/c1-3-11-8-12(16(2)15-11)9-19(17,18)13-6-4-5-10(14)7-13/h4-8H,3,9,14H2,1-2H3. The minimum absolute atomic E-state index is 0.0695. The normalized spacial score (nSPS) is 11.7. The van der Waals surface area contributed by atoms with Gasteiger partial charge in [-0.1, -0.05) is 13.0 Å². The molecule has 0 saturated carbocycles. The third-order valence-electron chi connectivity index (χ3n) is 2.94. The maximum absolute atomic E-state index is 12.3. The average Bonchev–Trinajstić information content (AvgIpc) is 2.70. The first-order valence-corrected chi connectivity index (χ1v) is 7.67. The van der Waals surface area contributed by atoms with E-state index >= 15 is 0 Å². The van der Waals surface area contributed by atoms with Crippen molar-refractivity contribution < 1.29 is 8.42 Å². The van der Waals surface area contributed by atoms with Gasteiger partial charge in [0.25, 0.3) is 0 Å². The molecule has 2 N–H and O–H groups in total. The molecule has 0 bridgehead atoms. The highest BCUT2D eigenvalue weighted by atomic mass is 32.2. The molecule has 1 aromatic carbocycles. The van der Waals surface area contributed by atoms with Gasteiger partial charge < -0.3 is 5.73 Å². The van der Waals surface area contributed by atoms with Crippen molar-refractivity contribution >= 4 is 15.5 Å². The molecule has 0 aliphatic rings. The average molecular weight is 279 g/mol. The van der Waals surface area contributed by atoms with E-state index in [0.29, 0.717) is 11.4 Å². The van der Waals surface area contributed by atoms with E-state index in [4.69, 9.17) is 5.73 Å². The Balaban J connectivity index is 2.33. The molecule has 1 heterocycles. The van der Waals surface area contributed by atoms with Gasteiger partial charge in [0.15, 0.2) is 9.84 Å². The Morgan fingerprint density at radius 1 is 1.32 bits per heavy atom. The molecule has 102 valence electrons. The van der Waals surface area contributed by atoms with Crippen molar-refractivity contribution in [1.82, 2.24) is 9.78 Å². The predicted octanol–water partition coefficient (Wildman–Crippen LogP) is 1.54. The lowest BCUT2D eigenvalue weighted by atomic mass is 10.3. The van der Waals surface area contributed by atoms with Gasteiger partial charge in [-0.2, -0.15) is 5.10 Å². The van der Waals surface area contributed by atoms with Crippen molar-refractivity contribution in [1.29, 1.82) is 0 Å². The molecule has 0 amide bonds. The van der Waals surface area contributed by atoms with Crippen LogP contribution in [0, 0.1) is 0 Å². The Labute approximate surface area is 113 Å². The van der Waals surface area contributed by atoms with Crippen molar-refractivity contribution in [3.63, 3.8) is 0 Å². The second kappa shape index (κ2) is 5.05. The first-order valence-electron chi connectivity index (χ1n) is 6.02. The van der Waals surface area contributed by atoms with Gasteiger partial charge in [-0.05, 0) is 30.7 Å². The van der Waals surface area contributed by atoms with Crippen LogP contribution in [0.25, 0.3) is 0 Å². The molecule has 0 spiro atoms. The molecule has 0 aliphatic heterocycles. The summed E-state index contributed by atoms with van der Waals surface area (Å²) in [6.07, 6.45) is 0.784. The number of anilines is 1. The van der Waals surface area contributed by atoms with Gasteiger partial charge in [-0.15, -0.1) is 0 Å². The summed E-state index contributed by atoms with van der Waals surface area (Å²) in [6, 6.07) is 8.17. The van der Waals surface area contributed by atoms with Crippen LogP contribution in [0.1, 0.15) is 18.3 Å². The SMILES string of the molecule is CCc1cc(CS(=O)(=O)c2cccc(N)c2)n(C)n1. The Kier molecular flexibility index (Phi) is 3.61. The summed E-state index contributed by atoms with van der Waals surface area (Å²) in [5, 5.41) is 4.25. The molecular weight excluding hydrogens is 262 g/mol. The lowest BCUT2D eigenvalue weighted by Crippen LogP contribution is -2.09. The summed E-state index contributed by atoms with van der Waals surface area (Å²) in [6.45, 7) is 1.98. The molecule has 0 fully saturated rings. The van der Waals surface area contributed by atoms with Crippen LogP contribution in [0.3, 0.4) is 0 Å². The van der Waals surface area contributed by atoms with Crippen molar-refractivity contribution in [3.8, 4) is 0 Å². The van der Waals surface area contributed by atoms with Crippen LogP contribution in [0.2, 0.25) is 0 Å². The number of hydrogen-bond donors (Lipinski definition) is 1. The third kappa shape index (κ3) is 2.96. The van der Waals surface area contributed by atoms with E-state index in [-0.39, 0.29) is 10.6 Å². The van der Waals surface area contributed by atoms with Crippen LogP contribution < -0.4 is 5.73 Å². The molecule has 0 radical (unpaired) electrons. The van der Waals surface area contributed by atoms with E-state index in [1.165, 1.54) is 6.07 Å². The van der Waals surface area contributed by atoms with Gasteiger partial charge in [0.2, 0.25) is 0 Å². The van der Waals surface area contributed by atoms with E-state index < -0.39 is 9.84 Å². The van der Waals surface area contributed by atoms with Gasteiger partial charge in [-0.25, -0.2) is 8.42 Å². The summed E-state index contributed by atoms with van der Waals surface area (Å²) < 4.78 is 26.2. The van der Waals surface area contributed by atoms with E-state index in [2.05, 4.69) is 5.10 Å². The first-order chi connectivity index (χ1) is 8.92. The Hall–Kier alpha value is -1.82. The summed E-state index contributed by atoms with van der Waals surface area (Å²) in [5.41, 5.74) is 7.64. The van der Waals surface area contributed by atoms with Crippen molar-refractivity contribution in [2.45, 2.75) is 24.0 Å². The molecule has 1 aromatic heterocycles. The monoisotopic (exact) mass is 279 g/mol. The van der Waals surface area contributed by atoms with Crippen LogP contribution >= 0.6 is 0 Å². The topological polar surface area (TPSA) is 78.0 Å². The molecule has 19 heavy (non-hydrogen) atoms. The van der Waals surface area contributed by atoms with Crippen LogP contribution in [-0.4, -0.2) is 18.2 Å². The summed E-state index contributed by atoms with van der Waals surface area (Å²) in [5.74, 6) is -0.0695. The highest BCUT2D eigenvalue weighted by Gasteiger charge is 2.18. The van der Waals surface area contributed by atoms with Gasteiger partial charge in [-0.3, -0.25) is 4.68 Å². The quantitative estimate of drug-likeness (QED) is 0.861. The molecule has 2 aromatic rings. The van der Waals surface area contributed by atoms with Crippen LogP contribution in [0.5, 0.6) is 0 Å². The number of aryl methyl sites for hydroxylation is 2. The van der Waals surface area contributed by atoms with Crippen molar-refractivity contribution in [3.05, 3.63) is 41.7 Å². The number of nitrogens with two attached hydrogens (primary N) is 1. The van der Waals surface area contributed by atoms with Gasteiger partial charge >= 0.3 is 0 Å². The molecule has 5 nitrogen and oxygen atoms in total. The maximum Gasteiger partial charge on any atom is 0.184 e. The van der Waals surface area contributed by atoms with E-state index in [1.54, 1.807) is 29.9 Å². The fourth-order valence-corrected chi connectivity index (χ4v) is 3.29. The van der Waals surface area contributed by atoms with Crippen LogP contribution in [0.4, 0.5) is 5.69 Å². The van der Waals surface area contributed by atoms with Crippen LogP contribution in [0.15, 0.2) is 35.2 Å². The van der Waals surface area contributed by atoms with E-state index in [9.17, 15) is 8.42 Å². The minimum Gasteiger partial charge on any atom is -0.399 e. The number of benzene rings is 1. The predicted molar refractivity (Wildman–Crippen MR) is 74.3 cm³/mol. The molecule has 0 unspecified atom stereocenters. The van der Waals surface area contributed by atoms with Gasteiger partial charge in [0.1, 0.15) is 0 Å². The van der Waals surface area contributed by atoms with E-state index in [0.717, 1.165) is 12.1 Å². The summed E-state index contributed by atoms with van der Waals surface area (Å²) >= 11 is 0. The van der Waals surface area contributed by atoms with Crippen LogP contribution in [-0.2, 0) is 29.1 Å². The second-order valence-electron chi connectivity index (χ2n) is 4.44. The smallest absolute Gasteiger partial charge is 0.184 e. The summed E-state index contributed by atoms with van der Waals surface area (Å²) in [4.78, 5) is 0.242. The zero-order valence-electron chi connectivity index (χ0n) is 11.0. The first kappa shape index (κ1) is 13.6. The number of aromatic nitrogens is 2. The zero-order chi connectivity index (χ0) is 14.0. The molecule has 0 atom stereocenters. The maximum atomic E-state index is 12.3. The van der Waals surface area contributed by atoms with E-state index in [1.807, 2.05) is 13.0 Å². The number of nitrogen functional groups attached to an aromatic ring is 1. The fraction of sp³-hybridized carbons (Fsp3) is 0.308. The fourth-order valence-electron chi connectivity index (χ4n) is 1.87.